The molecule has 1 heterocycles. The van der Waals surface area contributed by atoms with Gasteiger partial charge in [0.1, 0.15) is 5.75 Å². The highest BCUT2D eigenvalue weighted by Crippen LogP contribution is 2.41. The van der Waals surface area contributed by atoms with E-state index in [4.69, 9.17) is 9.47 Å². The van der Waals surface area contributed by atoms with E-state index in [1.54, 1.807) is 7.11 Å². The Kier molecular flexibility index (Phi) is 3.76. The number of hydrogen-bond donors (Lipinski definition) is 1. The monoisotopic (exact) mass is 275 g/mol. The van der Waals surface area contributed by atoms with Gasteiger partial charge in [0, 0.05) is 18.7 Å². The van der Waals surface area contributed by atoms with Gasteiger partial charge in [-0.15, -0.1) is 0 Å². The van der Waals surface area contributed by atoms with Crippen LogP contribution in [0.15, 0.2) is 23.2 Å². The van der Waals surface area contributed by atoms with Crippen molar-refractivity contribution in [2.45, 2.75) is 43.9 Å². The molecule has 1 fully saturated rings. The molecule has 4 nitrogen and oxygen atoms in total. The molecule has 0 aromatic heterocycles. The maximum absolute atomic E-state index is 10.3. The van der Waals surface area contributed by atoms with Crippen molar-refractivity contribution in [1.82, 2.24) is 0 Å². The van der Waals surface area contributed by atoms with Crippen LogP contribution in [-0.4, -0.2) is 43.3 Å². The molecule has 4 unspecified atom stereocenters. The average molecular weight is 275 g/mol. The van der Waals surface area contributed by atoms with Gasteiger partial charge < -0.3 is 14.6 Å². The lowest BCUT2D eigenvalue weighted by atomic mass is 9.74. The first-order chi connectivity index (χ1) is 9.74. The van der Waals surface area contributed by atoms with Crippen LogP contribution in [0.3, 0.4) is 0 Å². The molecule has 3 rings (SSSR count). The number of fused-ring (bicyclic) bond motifs is 3. The molecule has 4 heteroatoms. The van der Waals surface area contributed by atoms with Crippen molar-refractivity contribution < 1.29 is 14.6 Å². The van der Waals surface area contributed by atoms with Crippen molar-refractivity contribution in [2.24, 2.45) is 4.99 Å². The number of nitrogens with zero attached hydrogens (tertiary/aromatic N) is 1. The van der Waals surface area contributed by atoms with Crippen LogP contribution in [0.1, 0.15) is 36.8 Å². The molecule has 1 aromatic carbocycles. The molecule has 0 radical (unpaired) electrons. The number of ether oxygens (including phenoxy) is 2. The summed E-state index contributed by atoms with van der Waals surface area (Å²) in [5, 5.41) is 10.3. The third-order valence-corrected chi connectivity index (χ3v) is 4.32. The number of aliphatic hydroxyl groups excluding tert-OH is 1. The van der Waals surface area contributed by atoms with Gasteiger partial charge in [-0.2, -0.15) is 0 Å². The van der Waals surface area contributed by atoms with Crippen molar-refractivity contribution in [2.75, 3.05) is 13.7 Å². The summed E-state index contributed by atoms with van der Waals surface area (Å²) in [5.74, 6) is 0.975. The van der Waals surface area contributed by atoms with E-state index in [0.29, 0.717) is 6.61 Å². The molecule has 1 saturated carbocycles. The highest BCUT2D eigenvalue weighted by molar-refractivity contribution is 5.84. The molecule has 0 amide bonds. The average Bonchev–Trinajstić information content (AvgIpc) is 2.49. The summed E-state index contributed by atoms with van der Waals surface area (Å²) in [5.41, 5.74) is 2.28. The molecule has 0 saturated heterocycles. The number of methoxy groups -OCH3 is 1. The van der Waals surface area contributed by atoms with E-state index in [-0.39, 0.29) is 18.1 Å². The van der Waals surface area contributed by atoms with Crippen molar-refractivity contribution in [3.63, 3.8) is 0 Å². The Morgan fingerprint density at radius 3 is 2.95 bits per heavy atom. The van der Waals surface area contributed by atoms with Crippen LogP contribution in [0.2, 0.25) is 0 Å². The van der Waals surface area contributed by atoms with E-state index in [2.05, 4.69) is 11.1 Å². The van der Waals surface area contributed by atoms with Crippen molar-refractivity contribution in [3.05, 3.63) is 29.3 Å². The van der Waals surface area contributed by atoms with Gasteiger partial charge in [0.2, 0.25) is 0 Å². The van der Waals surface area contributed by atoms with Crippen molar-refractivity contribution >= 4 is 6.21 Å². The van der Waals surface area contributed by atoms with Gasteiger partial charge in [0.25, 0.3) is 0 Å². The smallest absolute Gasteiger partial charge is 0.119 e. The lowest BCUT2D eigenvalue weighted by Gasteiger charge is -2.41. The first kappa shape index (κ1) is 13.6. The largest absolute Gasteiger partial charge is 0.497 e. The second-order valence-corrected chi connectivity index (χ2v) is 5.43. The Morgan fingerprint density at radius 2 is 2.20 bits per heavy atom. The van der Waals surface area contributed by atoms with Gasteiger partial charge >= 0.3 is 0 Å². The molecule has 20 heavy (non-hydrogen) atoms. The third kappa shape index (κ3) is 2.23. The highest BCUT2D eigenvalue weighted by atomic mass is 16.5. The second kappa shape index (κ2) is 5.54. The molecule has 108 valence electrons. The number of aliphatic imine (C=N–C) groups is 1. The van der Waals surface area contributed by atoms with Gasteiger partial charge in [-0.05, 0) is 43.0 Å². The van der Waals surface area contributed by atoms with Crippen LogP contribution in [0.4, 0.5) is 0 Å². The molecule has 1 aliphatic heterocycles. The van der Waals surface area contributed by atoms with Crippen LogP contribution in [0, 0.1) is 0 Å². The Bertz CT molecular complexity index is 514. The molecule has 4 atom stereocenters. The fraction of sp³-hybridized carbons (Fsp3) is 0.562. The minimum Gasteiger partial charge on any atom is -0.497 e. The van der Waals surface area contributed by atoms with Crippen LogP contribution >= 0.6 is 0 Å². The van der Waals surface area contributed by atoms with E-state index in [0.717, 1.165) is 24.2 Å². The van der Waals surface area contributed by atoms with Gasteiger partial charge in [-0.1, -0.05) is 6.07 Å². The van der Waals surface area contributed by atoms with E-state index in [9.17, 15) is 5.11 Å². The maximum atomic E-state index is 10.3. The summed E-state index contributed by atoms with van der Waals surface area (Å²) in [6, 6.07) is 6.27. The molecule has 0 spiro atoms. The lowest BCUT2D eigenvalue weighted by molar-refractivity contribution is -0.0714. The number of benzene rings is 1. The quantitative estimate of drug-likeness (QED) is 0.919. The summed E-state index contributed by atoms with van der Waals surface area (Å²) in [6.07, 6.45) is 3.04. The third-order valence-electron chi connectivity index (χ3n) is 4.32. The SMILES string of the molecule is CCOC1C(O)CCC2N=Cc3cc(OC)ccc3C21. The van der Waals surface area contributed by atoms with Gasteiger partial charge in [0.05, 0.1) is 25.4 Å². The first-order valence-electron chi connectivity index (χ1n) is 7.25. The van der Waals surface area contributed by atoms with Crippen LogP contribution in [0.25, 0.3) is 0 Å². The molecule has 0 bridgehead atoms. The van der Waals surface area contributed by atoms with Crippen LogP contribution in [-0.2, 0) is 4.74 Å². The summed E-state index contributed by atoms with van der Waals surface area (Å²) >= 11 is 0. The molecule has 1 aliphatic carbocycles. The number of aliphatic hydroxyl groups is 1. The molecule has 1 aromatic rings. The standard InChI is InChI=1S/C16H21NO3/c1-3-20-16-14(18)7-6-13-15(16)12-5-4-11(19-2)8-10(12)9-17-13/h4-5,8-9,13-16,18H,3,6-7H2,1-2H3. The van der Waals surface area contributed by atoms with Crippen LogP contribution < -0.4 is 4.74 Å². The zero-order valence-corrected chi connectivity index (χ0v) is 12.0. The zero-order chi connectivity index (χ0) is 14.1. The molecular formula is C16H21NO3. The van der Waals surface area contributed by atoms with Crippen molar-refractivity contribution in [3.8, 4) is 5.75 Å². The summed E-state index contributed by atoms with van der Waals surface area (Å²) in [4.78, 5) is 4.66. The predicted molar refractivity (Wildman–Crippen MR) is 77.8 cm³/mol. The van der Waals surface area contributed by atoms with Gasteiger partial charge in [0.15, 0.2) is 0 Å². The van der Waals surface area contributed by atoms with Gasteiger partial charge in [-0.3, -0.25) is 4.99 Å². The minimum absolute atomic E-state index is 0.143. The topological polar surface area (TPSA) is 51.0 Å². The second-order valence-electron chi connectivity index (χ2n) is 5.43. The zero-order valence-electron chi connectivity index (χ0n) is 12.0. The molecule has 1 N–H and O–H groups in total. The highest BCUT2D eigenvalue weighted by Gasteiger charge is 2.42. The normalized spacial score (nSPS) is 31.6. The fourth-order valence-corrected chi connectivity index (χ4v) is 3.37. The van der Waals surface area contributed by atoms with Crippen molar-refractivity contribution in [1.29, 1.82) is 0 Å². The summed E-state index contributed by atoms with van der Waals surface area (Å²) in [6.45, 7) is 2.58. The Morgan fingerprint density at radius 1 is 1.35 bits per heavy atom. The molecular weight excluding hydrogens is 254 g/mol. The van der Waals surface area contributed by atoms with E-state index in [1.165, 1.54) is 5.56 Å². The number of hydrogen-bond acceptors (Lipinski definition) is 4. The summed E-state index contributed by atoms with van der Waals surface area (Å²) < 4.78 is 11.1. The summed E-state index contributed by atoms with van der Waals surface area (Å²) in [7, 11) is 1.66. The minimum atomic E-state index is -0.403. The lowest BCUT2D eigenvalue weighted by Crippen LogP contribution is -2.46. The first-order valence-corrected chi connectivity index (χ1v) is 7.25. The predicted octanol–water partition coefficient (Wildman–Crippen LogP) is 2.14. The van der Waals surface area contributed by atoms with E-state index >= 15 is 0 Å². The van der Waals surface area contributed by atoms with Gasteiger partial charge in [-0.25, -0.2) is 0 Å². The Balaban J connectivity index is 2.00. The maximum Gasteiger partial charge on any atom is 0.119 e. The molecule has 2 aliphatic rings. The van der Waals surface area contributed by atoms with E-state index < -0.39 is 6.10 Å². The van der Waals surface area contributed by atoms with E-state index in [1.807, 2.05) is 25.3 Å². The van der Waals surface area contributed by atoms with Crippen LogP contribution in [0.5, 0.6) is 5.75 Å². The Hall–Kier alpha value is -1.39. The fourth-order valence-electron chi connectivity index (χ4n) is 3.37. The Labute approximate surface area is 119 Å². The number of rotatable bonds is 3.